The Morgan fingerprint density at radius 2 is 1.81 bits per heavy atom. The van der Waals surface area contributed by atoms with E-state index in [9.17, 15) is 4.39 Å². The summed E-state index contributed by atoms with van der Waals surface area (Å²) < 4.78 is 13.7. The van der Waals surface area contributed by atoms with E-state index in [2.05, 4.69) is 43.4 Å². The van der Waals surface area contributed by atoms with Crippen LogP contribution in [0.25, 0.3) is 0 Å². The van der Waals surface area contributed by atoms with Gasteiger partial charge in [-0.05, 0) is 43.1 Å². The lowest BCUT2D eigenvalue weighted by atomic mass is 10.0. The molecular formula is C18H22FNS. The third-order valence-corrected chi connectivity index (χ3v) is 4.71. The number of likely N-dealkylation sites (N-methyl/N-ethyl adjacent to an activating group) is 1. The van der Waals surface area contributed by atoms with Crippen LogP contribution >= 0.6 is 11.8 Å². The van der Waals surface area contributed by atoms with E-state index in [0.29, 0.717) is 6.04 Å². The van der Waals surface area contributed by atoms with Gasteiger partial charge in [0, 0.05) is 16.7 Å². The Kier molecular flexibility index (Phi) is 6.27. The molecule has 0 amide bonds. The van der Waals surface area contributed by atoms with Gasteiger partial charge < -0.3 is 5.32 Å². The first kappa shape index (κ1) is 16.1. The van der Waals surface area contributed by atoms with Crippen molar-refractivity contribution in [1.82, 2.24) is 5.32 Å². The summed E-state index contributed by atoms with van der Waals surface area (Å²) in [6.07, 6.45) is 0.974. The van der Waals surface area contributed by atoms with Gasteiger partial charge in [0.15, 0.2) is 0 Å². The second-order valence-corrected chi connectivity index (χ2v) is 6.19. The quantitative estimate of drug-likeness (QED) is 0.759. The fourth-order valence-corrected chi connectivity index (χ4v) is 3.33. The fourth-order valence-electron chi connectivity index (χ4n) is 2.34. The molecule has 0 spiro atoms. The van der Waals surface area contributed by atoms with Crippen molar-refractivity contribution in [3.63, 3.8) is 0 Å². The summed E-state index contributed by atoms with van der Waals surface area (Å²) in [4.78, 5) is 0.727. The van der Waals surface area contributed by atoms with E-state index in [-0.39, 0.29) is 5.82 Å². The van der Waals surface area contributed by atoms with Crippen LogP contribution in [0.15, 0.2) is 53.4 Å². The standard InChI is InChI=1S/C18H22FNS/c1-3-20-16(12-15-9-5-4-8-14(15)2)13-21-18-11-7-6-10-17(18)19/h4-11,16,20H,3,12-13H2,1-2H3. The molecule has 0 saturated heterocycles. The average molecular weight is 303 g/mol. The first-order valence-electron chi connectivity index (χ1n) is 7.36. The highest BCUT2D eigenvalue weighted by molar-refractivity contribution is 7.99. The Balaban J connectivity index is 1.99. The molecular weight excluding hydrogens is 281 g/mol. The van der Waals surface area contributed by atoms with Crippen molar-refractivity contribution >= 4 is 11.8 Å². The molecule has 0 radical (unpaired) electrons. The molecule has 2 rings (SSSR count). The smallest absolute Gasteiger partial charge is 0.136 e. The van der Waals surface area contributed by atoms with Gasteiger partial charge in [0.05, 0.1) is 0 Å². The lowest BCUT2D eigenvalue weighted by Gasteiger charge is -2.19. The predicted molar refractivity (Wildman–Crippen MR) is 89.5 cm³/mol. The minimum atomic E-state index is -0.131. The van der Waals surface area contributed by atoms with Crippen molar-refractivity contribution in [2.45, 2.75) is 31.2 Å². The zero-order chi connectivity index (χ0) is 15.1. The molecule has 3 heteroatoms. The highest BCUT2D eigenvalue weighted by Crippen LogP contribution is 2.23. The van der Waals surface area contributed by atoms with Gasteiger partial charge in [-0.3, -0.25) is 0 Å². The molecule has 0 saturated carbocycles. The summed E-state index contributed by atoms with van der Waals surface area (Å²) in [7, 11) is 0. The monoisotopic (exact) mass is 303 g/mol. The van der Waals surface area contributed by atoms with E-state index in [1.807, 2.05) is 12.1 Å². The van der Waals surface area contributed by atoms with Crippen molar-refractivity contribution in [2.24, 2.45) is 0 Å². The molecule has 21 heavy (non-hydrogen) atoms. The van der Waals surface area contributed by atoms with E-state index in [4.69, 9.17) is 0 Å². The number of nitrogens with one attached hydrogen (secondary N) is 1. The molecule has 112 valence electrons. The Hall–Kier alpha value is -1.32. The molecule has 2 aromatic rings. The second kappa shape index (κ2) is 8.20. The maximum atomic E-state index is 13.7. The summed E-state index contributed by atoms with van der Waals surface area (Å²) in [6.45, 7) is 5.18. The van der Waals surface area contributed by atoms with Crippen molar-refractivity contribution in [3.05, 3.63) is 65.5 Å². The van der Waals surface area contributed by atoms with Crippen LogP contribution in [-0.2, 0) is 6.42 Å². The SMILES string of the molecule is CCNC(CSc1ccccc1F)Cc1ccccc1C. The molecule has 0 aliphatic carbocycles. The minimum absolute atomic E-state index is 0.131. The molecule has 1 unspecified atom stereocenters. The first-order chi connectivity index (χ1) is 10.2. The van der Waals surface area contributed by atoms with Crippen LogP contribution in [0.2, 0.25) is 0 Å². The van der Waals surface area contributed by atoms with Gasteiger partial charge in [-0.2, -0.15) is 0 Å². The van der Waals surface area contributed by atoms with Crippen molar-refractivity contribution in [1.29, 1.82) is 0 Å². The number of hydrogen-bond donors (Lipinski definition) is 1. The molecule has 2 aromatic carbocycles. The average Bonchev–Trinajstić information content (AvgIpc) is 2.48. The normalized spacial score (nSPS) is 12.3. The van der Waals surface area contributed by atoms with E-state index in [1.165, 1.54) is 17.2 Å². The summed E-state index contributed by atoms with van der Waals surface area (Å²) >= 11 is 1.58. The van der Waals surface area contributed by atoms with E-state index in [0.717, 1.165) is 23.6 Å². The van der Waals surface area contributed by atoms with Gasteiger partial charge >= 0.3 is 0 Å². The topological polar surface area (TPSA) is 12.0 Å². The zero-order valence-corrected chi connectivity index (χ0v) is 13.4. The van der Waals surface area contributed by atoms with Gasteiger partial charge in [-0.1, -0.05) is 43.3 Å². The Morgan fingerprint density at radius 1 is 1.10 bits per heavy atom. The van der Waals surface area contributed by atoms with Crippen LogP contribution in [0, 0.1) is 12.7 Å². The molecule has 1 atom stereocenters. The molecule has 0 heterocycles. The molecule has 0 fully saturated rings. The van der Waals surface area contributed by atoms with Crippen LogP contribution in [0.5, 0.6) is 0 Å². The molecule has 1 nitrogen and oxygen atoms in total. The third-order valence-electron chi connectivity index (χ3n) is 3.50. The summed E-state index contributed by atoms with van der Waals surface area (Å²) in [5, 5.41) is 3.50. The Morgan fingerprint density at radius 3 is 2.52 bits per heavy atom. The van der Waals surface area contributed by atoms with E-state index in [1.54, 1.807) is 17.8 Å². The molecule has 0 aliphatic rings. The number of hydrogen-bond acceptors (Lipinski definition) is 2. The van der Waals surface area contributed by atoms with E-state index >= 15 is 0 Å². The van der Waals surface area contributed by atoms with Gasteiger partial charge in [-0.15, -0.1) is 11.8 Å². The lowest BCUT2D eigenvalue weighted by molar-refractivity contribution is 0.569. The van der Waals surface area contributed by atoms with E-state index < -0.39 is 0 Å². The third kappa shape index (κ3) is 4.87. The molecule has 0 bridgehead atoms. The fraction of sp³-hybridized carbons (Fsp3) is 0.333. The number of rotatable bonds is 7. The van der Waals surface area contributed by atoms with Gasteiger partial charge in [0.1, 0.15) is 5.82 Å². The Bertz CT molecular complexity index is 571. The maximum absolute atomic E-state index is 13.7. The summed E-state index contributed by atoms with van der Waals surface area (Å²) in [5.74, 6) is 0.733. The highest BCUT2D eigenvalue weighted by Gasteiger charge is 2.11. The van der Waals surface area contributed by atoms with Gasteiger partial charge in [0.2, 0.25) is 0 Å². The highest BCUT2D eigenvalue weighted by atomic mass is 32.2. The minimum Gasteiger partial charge on any atom is -0.313 e. The van der Waals surface area contributed by atoms with Crippen LogP contribution in [0.4, 0.5) is 4.39 Å². The molecule has 1 N–H and O–H groups in total. The van der Waals surface area contributed by atoms with Crippen molar-refractivity contribution in [2.75, 3.05) is 12.3 Å². The molecule has 0 aliphatic heterocycles. The van der Waals surface area contributed by atoms with Gasteiger partial charge in [0.25, 0.3) is 0 Å². The largest absolute Gasteiger partial charge is 0.313 e. The van der Waals surface area contributed by atoms with Crippen molar-refractivity contribution in [3.8, 4) is 0 Å². The number of halogens is 1. The van der Waals surface area contributed by atoms with Crippen molar-refractivity contribution < 1.29 is 4.39 Å². The lowest BCUT2D eigenvalue weighted by Crippen LogP contribution is -2.33. The van der Waals surface area contributed by atoms with Gasteiger partial charge in [-0.25, -0.2) is 4.39 Å². The number of thioether (sulfide) groups is 1. The molecule has 0 aromatic heterocycles. The van der Waals surface area contributed by atoms with Crippen LogP contribution < -0.4 is 5.32 Å². The second-order valence-electron chi connectivity index (χ2n) is 5.13. The zero-order valence-electron chi connectivity index (χ0n) is 12.6. The Labute approximate surface area is 131 Å². The number of benzene rings is 2. The predicted octanol–water partition coefficient (Wildman–Crippen LogP) is 4.45. The summed E-state index contributed by atoms with van der Waals surface area (Å²) in [6, 6.07) is 15.8. The maximum Gasteiger partial charge on any atom is 0.136 e. The van der Waals surface area contributed by atoms with Crippen LogP contribution in [-0.4, -0.2) is 18.3 Å². The number of aryl methyl sites for hydroxylation is 1. The summed E-state index contributed by atoms with van der Waals surface area (Å²) in [5.41, 5.74) is 2.67. The van der Waals surface area contributed by atoms with Crippen LogP contribution in [0.1, 0.15) is 18.1 Å². The van der Waals surface area contributed by atoms with Crippen LogP contribution in [0.3, 0.4) is 0 Å². The first-order valence-corrected chi connectivity index (χ1v) is 8.34.